The normalized spacial score (nSPS) is 15.0. The van der Waals surface area contributed by atoms with Gasteiger partial charge < -0.3 is 15.4 Å². The number of hydrogen-bond donors (Lipinski definition) is 2. The van der Waals surface area contributed by atoms with Crippen LogP contribution in [0.1, 0.15) is 19.9 Å². The van der Waals surface area contributed by atoms with Gasteiger partial charge in [0, 0.05) is 55.2 Å². The van der Waals surface area contributed by atoms with E-state index in [2.05, 4.69) is 56.8 Å². The van der Waals surface area contributed by atoms with Crippen LogP contribution in [-0.4, -0.2) is 69.3 Å². The van der Waals surface area contributed by atoms with Gasteiger partial charge in [0.25, 0.3) is 0 Å². The lowest BCUT2D eigenvalue weighted by Gasteiger charge is -2.26. The van der Waals surface area contributed by atoms with E-state index in [1.807, 2.05) is 35.1 Å². The van der Waals surface area contributed by atoms with Gasteiger partial charge in [0.2, 0.25) is 5.95 Å². The fourth-order valence-corrected chi connectivity index (χ4v) is 3.92. The van der Waals surface area contributed by atoms with E-state index in [4.69, 9.17) is 9.72 Å². The highest BCUT2D eigenvalue weighted by Crippen LogP contribution is 2.26. The molecule has 9 heteroatoms. The molecule has 1 aliphatic rings. The predicted molar refractivity (Wildman–Crippen MR) is 126 cm³/mol. The number of nitrogens with zero attached hydrogens (tertiary/aromatic N) is 6. The van der Waals surface area contributed by atoms with Crippen LogP contribution in [0.4, 0.5) is 17.3 Å². The quantitative estimate of drug-likeness (QED) is 0.459. The van der Waals surface area contributed by atoms with Crippen LogP contribution in [0, 0.1) is 0 Å². The molecular formula is C23H28N8O. The van der Waals surface area contributed by atoms with Crippen LogP contribution in [0.25, 0.3) is 21.9 Å². The van der Waals surface area contributed by atoms with E-state index in [0.717, 1.165) is 72.7 Å². The highest BCUT2D eigenvalue weighted by Gasteiger charge is 2.13. The molecule has 166 valence electrons. The zero-order valence-corrected chi connectivity index (χ0v) is 18.5. The maximum atomic E-state index is 5.40. The number of rotatable bonds is 7. The summed E-state index contributed by atoms with van der Waals surface area (Å²) < 4.78 is 7.31. The van der Waals surface area contributed by atoms with Gasteiger partial charge in [-0.1, -0.05) is 5.21 Å². The summed E-state index contributed by atoms with van der Waals surface area (Å²) in [6, 6.07) is 12.3. The summed E-state index contributed by atoms with van der Waals surface area (Å²) >= 11 is 0. The summed E-state index contributed by atoms with van der Waals surface area (Å²) in [7, 11) is 0. The Morgan fingerprint density at radius 3 is 2.59 bits per heavy atom. The first-order valence-electron chi connectivity index (χ1n) is 11.1. The van der Waals surface area contributed by atoms with Gasteiger partial charge in [-0.05, 0) is 50.2 Å². The molecule has 1 saturated heterocycles. The van der Waals surface area contributed by atoms with Crippen molar-refractivity contribution < 1.29 is 4.74 Å². The fourth-order valence-electron chi connectivity index (χ4n) is 3.92. The van der Waals surface area contributed by atoms with Crippen LogP contribution in [0.3, 0.4) is 0 Å². The third kappa shape index (κ3) is 4.35. The van der Waals surface area contributed by atoms with E-state index in [1.165, 1.54) is 0 Å². The maximum absolute atomic E-state index is 5.40. The number of hydrogen-bond acceptors (Lipinski definition) is 8. The lowest BCUT2D eigenvalue weighted by Crippen LogP contribution is -2.38. The Kier molecular flexibility index (Phi) is 5.83. The van der Waals surface area contributed by atoms with Crippen molar-refractivity contribution >= 4 is 39.3 Å². The van der Waals surface area contributed by atoms with E-state index in [0.29, 0.717) is 5.95 Å². The maximum Gasteiger partial charge on any atom is 0.227 e. The van der Waals surface area contributed by atoms with Crippen molar-refractivity contribution in [1.82, 2.24) is 29.9 Å². The fraction of sp³-hybridized carbons (Fsp3) is 0.391. The summed E-state index contributed by atoms with van der Waals surface area (Å²) in [6.45, 7) is 9.79. The standard InChI is InChI=1S/C23H28N8O/c1-16(2)31-22-20(28-29-31)8-3-17-15-25-23(27-21(17)22)26-19-6-4-18(5-7-19)24-9-10-30-11-13-32-14-12-30/h3-8,15-16,24H,9-14H2,1-2H3,(H,25,26,27). The Balaban J connectivity index is 1.28. The van der Waals surface area contributed by atoms with E-state index in [-0.39, 0.29) is 6.04 Å². The predicted octanol–water partition coefficient (Wildman–Crippen LogP) is 3.44. The number of aromatic nitrogens is 5. The number of fused-ring (bicyclic) bond motifs is 3. The summed E-state index contributed by atoms with van der Waals surface area (Å²) in [5.41, 5.74) is 4.65. The molecule has 0 aliphatic carbocycles. The van der Waals surface area contributed by atoms with Crippen LogP contribution in [0.15, 0.2) is 42.6 Å². The molecule has 0 amide bonds. The molecular weight excluding hydrogens is 404 g/mol. The van der Waals surface area contributed by atoms with Crippen molar-refractivity contribution in [3.05, 3.63) is 42.6 Å². The molecule has 5 rings (SSSR count). The molecule has 0 spiro atoms. The van der Waals surface area contributed by atoms with Gasteiger partial charge in [-0.25, -0.2) is 14.6 Å². The summed E-state index contributed by atoms with van der Waals surface area (Å²) in [4.78, 5) is 11.7. The van der Waals surface area contributed by atoms with Gasteiger partial charge >= 0.3 is 0 Å². The summed E-state index contributed by atoms with van der Waals surface area (Å²) in [6.07, 6.45) is 1.84. The molecule has 9 nitrogen and oxygen atoms in total. The van der Waals surface area contributed by atoms with Crippen molar-refractivity contribution in [2.75, 3.05) is 50.0 Å². The SMILES string of the molecule is CC(C)n1nnc2ccc3cnc(Nc4ccc(NCCN5CCOCC5)cc4)nc3c21. The van der Waals surface area contributed by atoms with Gasteiger partial charge in [0.1, 0.15) is 16.6 Å². The first-order valence-corrected chi connectivity index (χ1v) is 11.1. The van der Waals surface area contributed by atoms with Crippen molar-refractivity contribution in [3.8, 4) is 0 Å². The average molecular weight is 433 g/mol. The molecule has 4 aromatic rings. The molecule has 0 unspecified atom stereocenters. The van der Waals surface area contributed by atoms with Gasteiger partial charge in [-0.2, -0.15) is 0 Å². The zero-order chi connectivity index (χ0) is 21.9. The molecule has 0 saturated carbocycles. The zero-order valence-electron chi connectivity index (χ0n) is 18.5. The van der Waals surface area contributed by atoms with Crippen LogP contribution in [-0.2, 0) is 4.74 Å². The molecule has 2 aromatic carbocycles. The summed E-state index contributed by atoms with van der Waals surface area (Å²) in [5, 5.41) is 16.3. The second kappa shape index (κ2) is 9.05. The molecule has 3 heterocycles. The highest BCUT2D eigenvalue weighted by atomic mass is 16.5. The Bertz CT molecular complexity index is 1200. The highest BCUT2D eigenvalue weighted by molar-refractivity contribution is 6.01. The van der Waals surface area contributed by atoms with E-state index in [9.17, 15) is 0 Å². The van der Waals surface area contributed by atoms with E-state index in [1.54, 1.807) is 0 Å². The number of morpholine rings is 1. The first kappa shape index (κ1) is 20.6. The number of ether oxygens (including phenoxy) is 1. The Hall–Kier alpha value is -3.30. The van der Waals surface area contributed by atoms with Crippen LogP contribution in [0.2, 0.25) is 0 Å². The average Bonchev–Trinajstić information content (AvgIpc) is 3.26. The Morgan fingerprint density at radius 2 is 1.81 bits per heavy atom. The minimum absolute atomic E-state index is 0.195. The van der Waals surface area contributed by atoms with Gasteiger partial charge in [0.15, 0.2) is 0 Å². The number of nitrogens with one attached hydrogen (secondary N) is 2. The second-order valence-electron chi connectivity index (χ2n) is 8.28. The molecule has 2 N–H and O–H groups in total. The van der Waals surface area contributed by atoms with Crippen molar-refractivity contribution in [3.63, 3.8) is 0 Å². The first-order chi connectivity index (χ1) is 15.7. The third-order valence-electron chi connectivity index (χ3n) is 5.67. The monoisotopic (exact) mass is 432 g/mol. The van der Waals surface area contributed by atoms with Crippen LogP contribution >= 0.6 is 0 Å². The third-order valence-corrected chi connectivity index (χ3v) is 5.67. The summed E-state index contributed by atoms with van der Waals surface area (Å²) in [5.74, 6) is 0.550. The minimum atomic E-state index is 0.195. The molecule has 32 heavy (non-hydrogen) atoms. The molecule has 2 aromatic heterocycles. The lowest BCUT2D eigenvalue weighted by molar-refractivity contribution is 0.0398. The molecule has 0 bridgehead atoms. The molecule has 1 fully saturated rings. The number of anilines is 3. The van der Waals surface area contributed by atoms with Crippen molar-refractivity contribution in [2.45, 2.75) is 19.9 Å². The van der Waals surface area contributed by atoms with Gasteiger partial charge in [0.05, 0.1) is 13.2 Å². The van der Waals surface area contributed by atoms with Crippen LogP contribution in [0.5, 0.6) is 0 Å². The van der Waals surface area contributed by atoms with E-state index < -0.39 is 0 Å². The number of benzene rings is 2. The minimum Gasteiger partial charge on any atom is -0.384 e. The van der Waals surface area contributed by atoms with Crippen molar-refractivity contribution in [1.29, 1.82) is 0 Å². The lowest BCUT2D eigenvalue weighted by atomic mass is 10.2. The van der Waals surface area contributed by atoms with Gasteiger partial charge in [-0.15, -0.1) is 5.10 Å². The molecule has 0 atom stereocenters. The Labute approximate surface area is 186 Å². The van der Waals surface area contributed by atoms with Gasteiger partial charge in [-0.3, -0.25) is 4.90 Å². The molecule has 1 aliphatic heterocycles. The topological polar surface area (TPSA) is 93.0 Å². The van der Waals surface area contributed by atoms with Crippen molar-refractivity contribution in [2.24, 2.45) is 0 Å². The van der Waals surface area contributed by atoms with E-state index >= 15 is 0 Å². The van der Waals surface area contributed by atoms with Crippen LogP contribution < -0.4 is 10.6 Å². The molecule has 0 radical (unpaired) electrons. The Morgan fingerprint density at radius 1 is 1.03 bits per heavy atom. The largest absolute Gasteiger partial charge is 0.384 e. The second-order valence-corrected chi connectivity index (χ2v) is 8.28. The smallest absolute Gasteiger partial charge is 0.227 e.